The van der Waals surface area contributed by atoms with Crippen LogP contribution in [0.4, 0.5) is 16.2 Å². The van der Waals surface area contributed by atoms with Gasteiger partial charge in [-0.1, -0.05) is 24.3 Å². The molecule has 0 aliphatic carbocycles. The zero-order valence-electron chi connectivity index (χ0n) is 12.8. The molecule has 0 bridgehead atoms. The van der Waals surface area contributed by atoms with Gasteiger partial charge in [0.1, 0.15) is 5.75 Å². The van der Waals surface area contributed by atoms with Gasteiger partial charge in [-0.3, -0.25) is 0 Å². The van der Waals surface area contributed by atoms with E-state index < -0.39 is 0 Å². The van der Waals surface area contributed by atoms with Crippen molar-refractivity contribution in [3.05, 3.63) is 53.1 Å². The zero-order chi connectivity index (χ0) is 15.4. The van der Waals surface area contributed by atoms with Gasteiger partial charge in [-0.05, 0) is 49.6 Å². The molecule has 0 aromatic heterocycles. The molecule has 0 radical (unpaired) electrons. The topological polar surface area (TPSA) is 50.4 Å². The van der Waals surface area contributed by atoms with Crippen molar-refractivity contribution in [3.8, 4) is 5.75 Å². The lowest BCUT2D eigenvalue weighted by atomic mass is 10.1. The van der Waals surface area contributed by atoms with Crippen LogP contribution in [0.15, 0.2) is 36.4 Å². The van der Waals surface area contributed by atoms with Crippen LogP contribution in [-0.4, -0.2) is 13.1 Å². The number of carbonyl (C=O) groups excluding carboxylic acids is 1. The highest BCUT2D eigenvalue weighted by Gasteiger charge is 2.10. The van der Waals surface area contributed by atoms with Crippen LogP contribution in [0.2, 0.25) is 0 Å². The third-order valence-corrected chi connectivity index (χ3v) is 3.32. The predicted octanol–water partition coefficient (Wildman–Crippen LogP) is 4.26. The number of para-hydroxylation sites is 1. The highest BCUT2D eigenvalue weighted by Crippen LogP contribution is 2.26. The normalized spacial score (nSPS) is 10.1. The summed E-state index contributed by atoms with van der Waals surface area (Å²) >= 11 is 0. The highest BCUT2D eigenvalue weighted by molar-refractivity contribution is 6.01. The fraction of sp³-hybridized carbons (Fsp3) is 0.235. The number of rotatable bonds is 3. The Bertz CT molecular complexity index is 646. The van der Waals surface area contributed by atoms with E-state index in [4.69, 9.17) is 4.74 Å². The first-order chi connectivity index (χ1) is 10.0. The molecule has 0 fully saturated rings. The Labute approximate surface area is 125 Å². The standard InChI is InChI=1S/C17H20N2O2/c1-11-8-9-15(21-4)14(10-11)18-17(20)19-16-12(2)6-5-7-13(16)3/h5-10H,1-4H3,(H2,18,19,20). The van der Waals surface area contributed by atoms with Gasteiger partial charge >= 0.3 is 6.03 Å². The van der Waals surface area contributed by atoms with E-state index in [0.717, 1.165) is 22.4 Å². The maximum Gasteiger partial charge on any atom is 0.323 e. The fourth-order valence-electron chi connectivity index (χ4n) is 2.20. The van der Waals surface area contributed by atoms with Crippen LogP contribution >= 0.6 is 0 Å². The van der Waals surface area contributed by atoms with Crippen LogP contribution < -0.4 is 15.4 Å². The third-order valence-electron chi connectivity index (χ3n) is 3.32. The Morgan fingerprint density at radius 3 is 2.29 bits per heavy atom. The second kappa shape index (κ2) is 6.31. The number of amides is 2. The lowest BCUT2D eigenvalue weighted by Crippen LogP contribution is -2.21. The van der Waals surface area contributed by atoms with E-state index in [0.29, 0.717) is 11.4 Å². The Morgan fingerprint density at radius 1 is 1.00 bits per heavy atom. The largest absolute Gasteiger partial charge is 0.495 e. The summed E-state index contributed by atoms with van der Waals surface area (Å²) in [5, 5.41) is 5.72. The van der Waals surface area contributed by atoms with Gasteiger partial charge in [0.2, 0.25) is 0 Å². The van der Waals surface area contributed by atoms with E-state index in [2.05, 4.69) is 10.6 Å². The van der Waals surface area contributed by atoms with E-state index in [9.17, 15) is 4.79 Å². The first kappa shape index (κ1) is 14.9. The molecule has 2 N–H and O–H groups in total. The van der Waals surface area contributed by atoms with Gasteiger partial charge in [0.05, 0.1) is 12.8 Å². The zero-order valence-corrected chi connectivity index (χ0v) is 12.8. The smallest absolute Gasteiger partial charge is 0.323 e. The molecule has 0 saturated carbocycles. The molecule has 0 aliphatic heterocycles. The molecule has 2 aromatic carbocycles. The molecule has 0 atom stereocenters. The number of benzene rings is 2. The molecule has 2 amide bonds. The van der Waals surface area contributed by atoms with Crippen molar-refractivity contribution in [2.45, 2.75) is 20.8 Å². The minimum atomic E-state index is -0.281. The Kier molecular flexibility index (Phi) is 4.48. The molecule has 4 heteroatoms. The summed E-state index contributed by atoms with van der Waals surface area (Å²) < 4.78 is 5.26. The lowest BCUT2D eigenvalue weighted by molar-refractivity contribution is 0.262. The first-order valence-electron chi connectivity index (χ1n) is 6.80. The minimum Gasteiger partial charge on any atom is -0.495 e. The van der Waals surface area contributed by atoms with Crippen molar-refractivity contribution in [2.75, 3.05) is 17.7 Å². The molecule has 2 aromatic rings. The van der Waals surface area contributed by atoms with Crippen molar-refractivity contribution in [2.24, 2.45) is 0 Å². The molecule has 0 spiro atoms. The van der Waals surface area contributed by atoms with Crippen LogP contribution in [-0.2, 0) is 0 Å². The van der Waals surface area contributed by atoms with Crippen molar-refractivity contribution in [3.63, 3.8) is 0 Å². The van der Waals surface area contributed by atoms with Gasteiger partial charge in [0, 0.05) is 5.69 Å². The molecule has 0 saturated heterocycles. The summed E-state index contributed by atoms with van der Waals surface area (Å²) in [6, 6.07) is 11.3. The van der Waals surface area contributed by atoms with Crippen LogP contribution in [0, 0.1) is 20.8 Å². The first-order valence-corrected chi connectivity index (χ1v) is 6.80. The van der Waals surface area contributed by atoms with E-state index in [-0.39, 0.29) is 6.03 Å². The average Bonchev–Trinajstić information content (AvgIpc) is 2.43. The molecule has 0 aliphatic rings. The molecular formula is C17H20N2O2. The second-order valence-corrected chi connectivity index (χ2v) is 5.05. The Morgan fingerprint density at radius 2 is 1.67 bits per heavy atom. The molecular weight excluding hydrogens is 264 g/mol. The van der Waals surface area contributed by atoms with E-state index in [1.54, 1.807) is 7.11 Å². The quantitative estimate of drug-likeness (QED) is 0.884. The number of nitrogens with one attached hydrogen (secondary N) is 2. The molecule has 2 rings (SSSR count). The number of carbonyl (C=O) groups is 1. The van der Waals surface area contributed by atoms with Crippen LogP contribution in [0.3, 0.4) is 0 Å². The second-order valence-electron chi connectivity index (χ2n) is 5.05. The molecule has 110 valence electrons. The molecule has 0 unspecified atom stereocenters. The number of methoxy groups -OCH3 is 1. The van der Waals surface area contributed by atoms with Crippen LogP contribution in [0.1, 0.15) is 16.7 Å². The van der Waals surface area contributed by atoms with Crippen molar-refractivity contribution in [1.82, 2.24) is 0 Å². The van der Waals surface area contributed by atoms with Gasteiger partial charge in [-0.2, -0.15) is 0 Å². The van der Waals surface area contributed by atoms with Crippen molar-refractivity contribution in [1.29, 1.82) is 0 Å². The number of aryl methyl sites for hydroxylation is 3. The van der Waals surface area contributed by atoms with E-state index >= 15 is 0 Å². The van der Waals surface area contributed by atoms with Gasteiger partial charge in [-0.25, -0.2) is 4.79 Å². The minimum absolute atomic E-state index is 0.281. The summed E-state index contributed by atoms with van der Waals surface area (Å²) in [6.45, 7) is 5.90. The van der Waals surface area contributed by atoms with Gasteiger partial charge in [0.15, 0.2) is 0 Å². The Balaban J connectivity index is 2.17. The number of anilines is 2. The monoisotopic (exact) mass is 284 g/mol. The van der Waals surface area contributed by atoms with Gasteiger partial charge in [0.25, 0.3) is 0 Å². The summed E-state index contributed by atoms with van der Waals surface area (Å²) in [5.41, 5.74) is 4.60. The number of ether oxygens (including phenoxy) is 1. The maximum atomic E-state index is 12.2. The molecule has 0 heterocycles. The Hall–Kier alpha value is -2.49. The van der Waals surface area contributed by atoms with Crippen molar-refractivity contribution >= 4 is 17.4 Å². The summed E-state index contributed by atoms with van der Waals surface area (Å²) in [4.78, 5) is 12.2. The lowest BCUT2D eigenvalue weighted by Gasteiger charge is -2.14. The maximum absolute atomic E-state index is 12.2. The number of hydrogen-bond acceptors (Lipinski definition) is 2. The summed E-state index contributed by atoms with van der Waals surface area (Å²) in [5.74, 6) is 0.636. The molecule has 21 heavy (non-hydrogen) atoms. The van der Waals surface area contributed by atoms with Gasteiger partial charge < -0.3 is 15.4 Å². The number of hydrogen-bond donors (Lipinski definition) is 2. The van der Waals surface area contributed by atoms with E-state index in [1.807, 2.05) is 57.2 Å². The highest BCUT2D eigenvalue weighted by atomic mass is 16.5. The summed E-state index contributed by atoms with van der Waals surface area (Å²) in [7, 11) is 1.58. The SMILES string of the molecule is COc1ccc(C)cc1NC(=O)Nc1c(C)cccc1C. The van der Waals surface area contributed by atoms with E-state index in [1.165, 1.54) is 0 Å². The molecule has 4 nitrogen and oxygen atoms in total. The number of urea groups is 1. The van der Waals surface area contributed by atoms with Crippen LogP contribution in [0.25, 0.3) is 0 Å². The predicted molar refractivity (Wildman–Crippen MR) is 86.3 cm³/mol. The third kappa shape index (κ3) is 3.54. The van der Waals surface area contributed by atoms with Crippen molar-refractivity contribution < 1.29 is 9.53 Å². The fourth-order valence-corrected chi connectivity index (χ4v) is 2.20. The average molecular weight is 284 g/mol. The van der Waals surface area contributed by atoms with Crippen LogP contribution in [0.5, 0.6) is 5.75 Å². The van der Waals surface area contributed by atoms with Gasteiger partial charge in [-0.15, -0.1) is 0 Å². The summed E-state index contributed by atoms with van der Waals surface area (Å²) in [6.07, 6.45) is 0.